The molecule has 2 fully saturated rings. The number of carbonyl (C=O) groups is 3. The summed E-state index contributed by atoms with van der Waals surface area (Å²) in [6.45, 7) is 0.348. The third kappa shape index (κ3) is 2.46. The number of fused-ring (bicyclic) bond motifs is 1. The lowest BCUT2D eigenvalue weighted by Gasteiger charge is -2.28. The molecule has 0 spiro atoms. The average Bonchev–Trinajstić information content (AvgIpc) is 3.27. The first-order chi connectivity index (χ1) is 11.0. The highest BCUT2D eigenvalue weighted by molar-refractivity contribution is 6.02. The molecule has 1 aliphatic carbocycles. The number of anilines is 1. The third-order valence-corrected chi connectivity index (χ3v) is 4.62. The third-order valence-electron chi connectivity index (χ3n) is 4.62. The molecule has 4 rings (SSSR count). The van der Waals surface area contributed by atoms with Gasteiger partial charge in [0.25, 0.3) is 0 Å². The van der Waals surface area contributed by atoms with Crippen molar-refractivity contribution in [1.29, 1.82) is 0 Å². The molecule has 0 bridgehead atoms. The molecule has 120 valence electrons. The first kappa shape index (κ1) is 14.2. The Morgan fingerprint density at radius 3 is 2.78 bits per heavy atom. The SMILES string of the molecule is O=C1CC(C(=O)N2CC(=O)N(C3CC3)C2)c2ccc(F)cc2N1. The Morgan fingerprint density at radius 1 is 1.26 bits per heavy atom. The molecule has 6 nitrogen and oxygen atoms in total. The van der Waals surface area contributed by atoms with E-state index in [2.05, 4.69) is 5.32 Å². The molecule has 1 atom stereocenters. The fraction of sp³-hybridized carbons (Fsp3) is 0.438. The minimum Gasteiger partial charge on any atom is -0.326 e. The van der Waals surface area contributed by atoms with Gasteiger partial charge in [-0.1, -0.05) is 6.07 Å². The van der Waals surface area contributed by atoms with Gasteiger partial charge in [-0.05, 0) is 30.5 Å². The molecular weight excluding hydrogens is 301 g/mol. The van der Waals surface area contributed by atoms with Crippen LogP contribution in [0.25, 0.3) is 0 Å². The van der Waals surface area contributed by atoms with E-state index < -0.39 is 11.7 Å². The van der Waals surface area contributed by atoms with E-state index in [1.165, 1.54) is 23.1 Å². The number of hydrogen-bond acceptors (Lipinski definition) is 3. The standard InChI is InChI=1S/C16H16FN3O3/c17-9-1-4-11-12(6-14(21)18-13(11)5-9)16(23)19-7-15(22)20(8-19)10-2-3-10/h1,4-5,10,12H,2-3,6-8H2,(H,18,21). The van der Waals surface area contributed by atoms with Gasteiger partial charge in [0, 0.05) is 18.2 Å². The van der Waals surface area contributed by atoms with Crippen LogP contribution in [0.1, 0.15) is 30.7 Å². The molecule has 23 heavy (non-hydrogen) atoms. The Labute approximate surface area is 132 Å². The topological polar surface area (TPSA) is 69.7 Å². The second-order valence-corrected chi connectivity index (χ2v) is 6.31. The van der Waals surface area contributed by atoms with Gasteiger partial charge in [0.1, 0.15) is 12.4 Å². The van der Waals surface area contributed by atoms with E-state index in [1.54, 1.807) is 4.90 Å². The van der Waals surface area contributed by atoms with Gasteiger partial charge in [-0.25, -0.2) is 4.39 Å². The summed E-state index contributed by atoms with van der Waals surface area (Å²) in [6, 6.07) is 4.29. The molecule has 1 unspecified atom stereocenters. The molecular formula is C16H16FN3O3. The van der Waals surface area contributed by atoms with Crippen LogP contribution in [0.4, 0.5) is 10.1 Å². The van der Waals surface area contributed by atoms with Crippen molar-refractivity contribution in [2.45, 2.75) is 31.2 Å². The Bertz CT molecular complexity index is 717. The monoisotopic (exact) mass is 317 g/mol. The lowest BCUT2D eigenvalue weighted by Crippen LogP contribution is -2.38. The van der Waals surface area contributed by atoms with E-state index >= 15 is 0 Å². The number of nitrogens with one attached hydrogen (secondary N) is 1. The van der Waals surface area contributed by atoms with Gasteiger partial charge in [0.05, 0.1) is 12.6 Å². The van der Waals surface area contributed by atoms with E-state index in [0.29, 0.717) is 11.3 Å². The average molecular weight is 317 g/mol. The van der Waals surface area contributed by atoms with E-state index in [1.807, 2.05) is 0 Å². The van der Waals surface area contributed by atoms with Crippen molar-refractivity contribution in [3.05, 3.63) is 29.6 Å². The van der Waals surface area contributed by atoms with E-state index in [-0.39, 0.29) is 43.4 Å². The lowest BCUT2D eigenvalue weighted by atomic mass is 9.89. The van der Waals surface area contributed by atoms with Crippen LogP contribution in [0.2, 0.25) is 0 Å². The van der Waals surface area contributed by atoms with Crippen LogP contribution in [-0.4, -0.2) is 46.8 Å². The first-order valence-corrected chi connectivity index (χ1v) is 7.70. The highest BCUT2D eigenvalue weighted by Crippen LogP contribution is 2.36. The first-order valence-electron chi connectivity index (χ1n) is 7.70. The Hall–Kier alpha value is -2.44. The molecule has 2 aliphatic heterocycles. The van der Waals surface area contributed by atoms with Gasteiger partial charge >= 0.3 is 0 Å². The molecule has 0 radical (unpaired) electrons. The van der Waals surface area contributed by atoms with Crippen molar-refractivity contribution in [2.24, 2.45) is 0 Å². The second-order valence-electron chi connectivity index (χ2n) is 6.31. The number of amides is 3. The second kappa shape index (κ2) is 5.04. The summed E-state index contributed by atoms with van der Waals surface area (Å²) in [5.74, 6) is -1.73. The molecule has 2 heterocycles. The molecule has 1 aromatic carbocycles. The van der Waals surface area contributed by atoms with Crippen molar-refractivity contribution in [3.8, 4) is 0 Å². The summed E-state index contributed by atoms with van der Waals surface area (Å²) < 4.78 is 13.4. The summed E-state index contributed by atoms with van der Waals surface area (Å²) >= 11 is 0. The highest BCUT2D eigenvalue weighted by Gasteiger charge is 2.42. The van der Waals surface area contributed by atoms with Crippen LogP contribution in [0, 0.1) is 5.82 Å². The van der Waals surface area contributed by atoms with Gasteiger partial charge in [0.2, 0.25) is 17.7 Å². The zero-order valence-electron chi connectivity index (χ0n) is 12.4. The number of hydrogen-bond donors (Lipinski definition) is 1. The van der Waals surface area contributed by atoms with E-state index in [4.69, 9.17) is 0 Å². The minimum atomic E-state index is -0.661. The van der Waals surface area contributed by atoms with Gasteiger partial charge in [-0.15, -0.1) is 0 Å². The van der Waals surface area contributed by atoms with Crippen molar-refractivity contribution in [2.75, 3.05) is 18.5 Å². The van der Waals surface area contributed by atoms with Crippen LogP contribution in [-0.2, 0) is 14.4 Å². The van der Waals surface area contributed by atoms with Gasteiger partial charge in [-0.2, -0.15) is 0 Å². The number of nitrogens with zero attached hydrogens (tertiary/aromatic N) is 2. The molecule has 0 aromatic heterocycles. The normalized spacial score (nSPS) is 23.8. The number of rotatable bonds is 2. The zero-order valence-corrected chi connectivity index (χ0v) is 12.4. The maximum Gasteiger partial charge on any atom is 0.243 e. The summed E-state index contributed by atoms with van der Waals surface area (Å²) in [5.41, 5.74) is 0.942. The van der Waals surface area contributed by atoms with Crippen molar-refractivity contribution >= 4 is 23.4 Å². The van der Waals surface area contributed by atoms with Crippen molar-refractivity contribution < 1.29 is 18.8 Å². The fourth-order valence-electron chi connectivity index (χ4n) is 3.30. The van der Waals surface area contributed by atoms with Gasteiger partial charge < -0.3 is 15.1 Å². The Morgan fingerprint density at radius 2 is 2.04 bits per heavy atom. The highest BCUT2D eigenvalue weighted by atomic mass is 19.1. The van der Waals surface area contributed by atoms with Crippen LogP contribution in [0.5, 0.6) is 0 Å². The summed E-state index contributed by atoms with van der Waals surface area (Å²) in [4.78, 5) is 39.9. The molecule has 3 aliphatic rings. The van der Waals surface area contributed by atoms with Crippen LogP contribution >= 0.6 is 0 Å². The van der Waals surface area contributed by atoms with Crippen molar-refractivity contribution in [3.63, 3.8) is 0 Å². The zero-order chi connectivity index (χ0) is 16.1. The number of carbonyl (C=O) groups excluding carboxylic acids is 3. The molecule has 1 N–H and O–H groups in total. The summed E-state index contributed by atoms with van der Waals surface area (Å²) in [7, 11) is 0. The predicted octanol–water partition coefficient (Wildman–Crippen LogP) is 1.04. The Balaban J connectivity index is 1.59. The number of halogens is 1. The van der Waals surface area contributed by atoms with Gasteiger partial charge in [-0.3, -0.25) is 14.4 Å². The Kier molecular flexibility index (Phi) is 3.11. The van der Waals surface area contributed by atoms with Crippen LogP contribution < -0.4 is 5.32 Å². The smallest absolute Gasteiger partial charge is 0.243 e. The maximum absolute atomic E-state index is 13.4. The van der Waals surface area contributed by atoms with Crippen LogP contribution in [0.15, 0.2) is 18.2 Å². The molecule has 1 saturated carbocycles. The largest absolute Gasteiger partial charge is 0.326 e. The lowest BCUT2D eigenvalue weighted by molar-refractivity contribution is -0.135. The summed E-state index contributed by atoms with van der Waals surface area (Å²) in [5, 5.41) is 2.59. The molecule has 1 saturated heterocycles. The summed E-state index contributed by atoms with van der Waals surface area (Å²) in [6.07, 6.45) is 2.00. The van der Waals surface area contributed by atoms with Crippen LogP contribution in [0.3, 0.4) is 0 Å². The van der Waals surface area contributed by atoms with Crippen molar-refractivity contribution in [1.82, 2.24) is 9.80 Å². The van der Waals surface area contributed by atoms with Gasteiger partial charge in [0.15, 0.2) is 0 Å². The maximum atomic E-state index is 13.4. The quantitative estimate of drug-likeness (QED) is 0.886. The molecule has 7 heteroatoms. The molecule has 1 aromatic rings. The van der Waals surface area contributed by atoms with E-state index in [9.17, 15) is 18.8 Å². The predicted molar refractivity (Wildman–Crippen MR) is 78.8 cm³/mol. The molecule has 3 amide bonds. The fourth-order valence-corrected chi connectivity index (χ4v) is 3.30. The van der Waals surface area contributed by atoms with E-state index in [0.717, 1.165) is 12.8 Å². The minimum absolute atomic E-state index is 0.0194. The number of benzene rings is 1.